The highest BCUT2D eigenvalue weighted by atomic mass is 16.5. The molecule has 7 rings (SSSR count). The van der Waals surface area contributed by atoms with Crippen LogP contribution in [0.3, 0.4) is 0 Å². The Morgan fingerprint density at radius 1 is 0.927 bits per heavy atom. The molecule has 6 heteroatoms. The van der Waals surface area contributed by atoms with Crippen molar-refractivity contribution in [3.8, 4) is 17.0 Å². The van der Waals surface area contributed by atoms with Crippen molar-refractivity contribution in [3.63, 3.8) is 0 Å². The summed E-state index contributed by atoms with van der Waals surface area (Å²) in [6, 6.07) is 36.2. The van der Waals surface area contributed by atoms with Gasteiger partial charge in [-0.1, -0.05) is 97.1 Å². The smallest absolute Gasteiger partial charge is 0.329 e. The lowest BCUT2D eigenvalue weighted by molar-refractivity contribution is 0.214. The number of ether oxygens (including phenoxy) is 1. The van der Waals surface area contributed by atoms with Crippen molar-refractivity contribution in [2.45, 2.75) is 31.7 Å². The Balaban J connectivity index is 1.40. The van der Waals surface area contributed by atoms with Gasteiger partial charge in [-0.2, -0.15) is 0 Å². The molecule has 41 heavy (non-hydrogen) atoms. The van der Waals surface area contributed by atoms with E-state index in [-0.39, 0.29) is 6.03 Å². The van der Waals surface area contributed by atoms with Crippen LogP contribution in [0.1, 0.15) is 41.4 Å². The van der Waals surface area contributed by atoms with E-state index in [4.69, 9.17) is 14.7 Å². The minimum absolute atomic E-state index is 0.207. The van der Waals surface area contributed by atoms with Crippen molar-refractivity contribution in [2.24, 2.45) is 4.99 Å². The molecule has 1 aromatic heterocycles. The van der Waals surface area contributed by atoms with Crippen LogP contribution in [0.15, 0.2) is 114 Å². The first-order valence-electron chi connectivity index (χ1n) is 14.1. The van der Waals surface area contributed by atoms with E-state index in [9.17, 15) is 4.79 Å². The molecule has 4 aromatic carbocycles. The van der Waals surface area contributed by atoms with Crippen LogP contribution in [-0.4, -0.2) is 27.9 Å². The van der Waals surface area contributed by atoms with Gasteiger partial charge in [0, 0.05) is 23.1 Å². The van der Waals surface area contributed by atoms with E-state index in [0.29, 0.717) is 30.4 Å². The summed E-state index contributed by atoms with van der Waals surface area (Å²) >= 11 is 0. The van der Waals surface area contributed by atoms with Gasteiger partial charge in [-0.05, 0) is 43.0 Å². The van der Waals surface area contributed by atoms with E-state index in [1.165, 1.54) is 5.56 Å². The summed E-state index contributed by atoms with van der Waals surface area (Å²) in [7, 11) is 0. The molecule has 6 nitrogen and oxygen atoms in total. The van der Waals surface area contributed by atoms with Crippen LogP contribution in [-0.2, 0) is 18.4 Å². The maximum absolute atomic E-state index is 14.1. The van der Waals surface area contributed by atoms with Crippen LogP contribution in [0.5, 0.6) is 5.75 Å². The van der Waals surface area contributed by atoms with Crippen molar-refractivity contribution in [2.75, 3.05) is 6.61 Å². The SMILES string of the molecule is CCOc1ccc2c(c1)CC[C@]21Cc2nc(-c3ccccc3)c(N=C(c3ccccc3)c3ccccc3)n2C(=O)N1. The molecule has 0 saturated carbocycles. The number of nitrogens with one attached hydrogen (secondary N) is 1. The van der Waals surface area contributed by atoms with Gasteiger partial charge in [0.25, 0.3) is 0 Å². The second-order valence-electron chi connectivity index (χ2n) is 10.5. The van der Waals surface area contributed by atoms with E-state index in [2.05, 4.69) is 17.4 Å². The molecule has 0 radical (unpaired) electrons. The maximum Gasteiger partial charge on any atom is 0.329 e. The number of nitrogens with zero attached hydrogens (tertiary/aromatic N) is 3. The standard InChI is InChI=1S/C35H30N4O2/c1-2-41-28-18-19-29-27(22-28)20-21-35(29)23-30-36-32(26-16-10-5-11-17-26)33(39(30)34(40)38-35)37-31(24-12-6-3-7-13-24)25-14-8-4-9-15-25/h3-19,22H,2,20-21,23H2,1H3,(H,38,40)/t35-/m0/s1. The number of rotatable bonds is 6. The third-order valence-corrected chi connectivity index (χ3v) is 8.02. The molecule has 2 heterocycles. The number of hydrogen-bond acceptors (Lipinski definition) is 4. The summed E-state index contributed by atoms with van der Waals surface area (Å²) in [6.07, 6.45) is 2.27. The van der Waals surface area contributed by atoms with Crippen molar-refractivity contribution in [3.05, 3.63) is 137 Å². The Hall–Kier alpha value is -4.97. The summed E-state index contributed by atoms with van der Waals surface area (Å²) in [5.41, 5.74) is 6.19. The Morgan fingerprint density at radius 3 is 2.24 bits per heavy atom. The van der Waals surface area contributed by atoms with E-state index in [1.54, 1.807) is 4.57 Å². The fraction of sp³-hybridized carbons (Fsp3) is 0.171. The van der Waals surface area contributed by atoms with Crippen molar-refractivity contribution >= 4 is 17.6 Å². The average Bonchev–Trinajstić information content (AvgIpc) is 3.55. The van der Waals surface area contributed by atoms with Crippen molar-refractivity contribution in [1.29, 1.82) is 0 Å². The predicted molar refractivity (Wildman–Crippen MR) is 161 cm³/mol. The number of benzene rings is 4. The fourth-order valence-electron chi connectivity index (χ4n) is 6.15. The van der Waals surface area contributed by atoms with Crippen LogP contribution >= 0.6 is 0 Å². The monoisotopic (exact) mass is 538 g/mol. The first kappa shape index (κ1) is 25.0. The molecule has 0 bridgehead atoms. The Bertz CT molecular complexity index is 1720. The number of aromatic nitrogens is 2. The second kappa shape index (κ2) is 10.2. The van der Waals surface area contributed by atoms with Crippen molar-refractivity contribution < 1.29 is 9.53 Å². The molecule has 0 fully saturated rings. The number of aliphatic imine (C=N–C) groups is 1. The zero-order chi connectivity index (χ0) is 27.8. The van der Waals surface area contributed by atoms with E-state index in [1.807, 2.05) is 104 Å². The number of hydrogen-bond donors (Lipinski definition) is 1. The summed E-state index contributed by atoms with van der Waals surface area (Å²) in [5.74, 6) is 2.11. The number of fused-ring (bicyclic) bond motifs is 3. The van der Waals surface area contributed by atoms with Gasteiger partial charge in [-0.25, -0.2) is 19.3 Å². The molecular weight excluding hydrogens is 508 g/mol. The number of carbonyl (C=O) groups excluding carboxylic acids is 1. The number of carbonyl (C=O) groups is 1. The van der Waals surface area contributed by atoms with Crippen LogP contribution in [0, 0.1) is 0 Å². The molecule has 202 valence electrons. The maximum atomic E-state index is 14.1. The van der Waals surface area contributed by atoms with Crippen LogP contribution in [0.25, 0.3) is 11.3 Å². The summed E-state index contributed by atoms with van der Waals surface area (Å²) < 4.78 is 7.42. The fourth-order valence-corrected chi connectivity index (χ4v) is 6.15. The van der Waals surface area contributed by atoms with Crippen LogP contribution in [0.2, 0.25) is 0 Å². The molecule has 1 aliphatic carbocycles. The molecule has 5 aromatic rings. The first-order valence-corrected chi connectivity index (χ1v) is 14.1. The first-order chi connectivity index (χ1) is 20.1. The minimum Gasteiger partial charge on any atom is -0.494 e. The van der Waals surface area contributed by atoms with Gasteiger partial charge in [0.1, 0.15) is 17.3 Å². The van der Waals surface area contributed by atoms with Gasteiger partial charge >= 0.3 is 6.03 Å². The average molecular weight is 539 g/mol. The molecule has 2 aliphatic rings. The predicted octanol–water partition coefficient (Wildman–Crippen LogP) is 7.07. The molecule has 1 spiro atoms. The zero-order valence-corrected chi connectivity index (χ0v) is 22.9. The van der Waals surface area contributed by atoms with Gasteiger partial charge in [0.15, 0.2) is 5.82 Å². The minimum atomic E-state index is -0.505. The van der Waals surface area contributed by atoms with Crippen LogP contribution in [0.4, 0.5) is 10.6 Å². The molecule has 1 amide bonds. The third kappa shape index (κ3) is 4.42. The largest absolute Gasteiger partial charge is 0.494 e. The van der Waals surface area contributed by atoms with Gasteiger partial charge < -0.3 is 10.1 Å². The molecular formula is C35H30N4O2. The summed E-state index contributed by atoms with van der Waals surface area (Å²) in [4.78, 5) is 24.4. The topological polar surface area (TPSA) is 68.5 Å². The van der Waals surface area contributed by atoms with E-state index >= 15 is 0 Å². The third-order valence-electron chi connectivity index (χ3n) is 8.02. The Kier molecular flexibility index (Phi) is 6.23. The summed E-state index contributed by atoms with van der Waals surface area (Å²) in [5, 5.41) is 3.39. The van der Waals surface area contributed by atoms with Crippen LogP contribution < -0.4 is 10.1 Å². The summed E-state index contributed by atoms with van der Waals surface area (Å²) in [6.45, 7) is 2.61. The number of amides is 1. The Morgan fingerprint density at radius 2 is 1.59 bits per heavy atom. The van der Waals surface area contributed by atoms with Gasteiger partial charge in [-0.3, -0.25) is 0 Å². The van der Waals surface area contributed by atoms with Crippen molar-refractivity contribution in [1.82, 2.24) is 14.9 Å². The molecule has 1 atom stereocenters. The normalized spacial score (nSPS) is 17.0. The Labute approximate surface area is 239 Å². The molecule has 0 saturated heterocycles. The lowest BCUT2D eigenvalue weighted by Gasteiger charge is -2.35. The van der Waals surface area contributed by atoms with Gasteiger partial charge in [-0.15, -0.1) is 0 Å². The zero-order valence-electron chi connectivity index (χ0n) is 22.9. The number of imidazole rings is 1. The highest BCUT2D eigenvalue weighted by Crippen LogP contribution is 2.44. The highest BCUT2D eigenvalue weighted by Gasteiger charge is 2.46. The van der Waals surface area contributed by atoms with E-state index < -0.39 is 5.54 Å². The highest BCUT2D eigenvalue weighted by molar-refractivity contribution is 6.14. The second-order valence-corrected chi connectivity index (χ2v) is 10.5. The van der Waals surface area contributed by atoms with E-state index in [0.717, 1.165) is 46.6 Å². The lowest BCUT2D eigenvalue weighted by Crippen LogP contribution is -2.52. The molecule has 1 aliphatic heterocycles. The molecule has 0 unspecified atom stereocenters. The quantitative estimate of drug-likeness (QED) is 0.235. The number of aryl methyl sites for hydroxylation is 1. The molecule has 1 N–H and O–H groups in total. The van der Waals surface area contributed by atoms with Gasteiger partial charge in [0.05, 0.1) is 17.9 Å². The lowest BCUT2D eigenvalue weighted by atomic mass is 9.86. The van der Waals surface area contributed by atoms with Gasteiger partial charge in [0.2, 0.25) is 0 Å².